The van der Waals surface area contributed by atoms with Crippen molar-refractivity contribution >= 4 is 35.3 Å². The summed E-state index contributed by atoms with van der Waals surface area (Å²) in [7, 11) is 0. The summed E-state index contributed by atoms with van der Waals surface area (Å²) in [5, 5.41) is 8.72. The van der Waals surface area contributed by atoms with Crippen LogP contribution in [0.4, 0.5) is 0 Å². The molecule has 8 nitrogen and oxygen atoms in total. The first kappa shape index (κ1) is 27.6. The van der Waals surface area contributed by atoms with Crippen LogP contribution in [-0.2, 0) is 19.2 Å². The molecule has 9 heteroatoms. The van der Waals surface area contributed by atoms with Gasteiger partial charge in [0.05, 0.1) is 6.04 Å². The minimum Gasteiger partial charge on any atom is -0.344 e. The van der Waals surface area contributed by atoms with Crippen LogP contribution in [-0.4, -0.2) is 58.7 Å². The fourth-order valence-electron chi connectivity index (χ4n) is 4.78. The molecule has 1 saturated carbocycles. The molecule has 5 N–H and O–H groups in total. The van der Waals surface area contributed by atoms with Crippen molar-refractivity contribution in [3.8, 4) is 0 Å². The molecule has 0 radical (unpaired) electrons. The Morgan fingerprint density at radius 3 is 2.21 bits per heavy atom. The molecule has 188 valence electrons. The van der Waals surface area contributed by atoms with E-state index in [4.69, 9.17) is 5.73 Å². The van der Waals surface area contributed by atoms with Gasteiger partial charge in [-0.3, -0.25) is 19.2 Å². The zero-order valence-electron chi connectivity index (χ0n) is 20.6. The monoisotopic (exact) mass is 482 g/mol. The van der Waals surface area contributed by atoms with Crippen LogP contribution in [0.2, 0.25) is 0 Å². The van der Waals surface area contributed by atoms with Crippen LogP contribution in [0.3, 0.4) is 0 Å². The van der Waals surface area contributed by atoms with E-state index in [0.717, 1.165) is 31.4 Å². The normalized spacial score (nSPS) is 22.1. The first-order valence-electron chi connectivity index (χ1n) is 12.4. The third-order valence-electron chi connectivity index (χ3n) is 6.83. The number of hydrogen-bond acceptors (Lipinski definition) is 6. The zero-order chi connectivity index (χ0) is 24.6. The summed E-state index contributed by atoms with van der Waals surface area (Å²) in [5.41, 5.74) is 4.72. The molecule has 1 heterocycles. The number of amides is 3. The molecular weight excluding hydrogens is 440 g/mol. The maximum Gasteiger partial charge on any atom is 0.247 e. The van der Waals surface area contributed by atoms with E-state index in [1.54, 1.807) is 18.7 Å². The van der Waals surface area contributed by atoms with Crippen molar-refractivity contribution in [2.75, 3.05) is 12.3 Å². The molecule has 33 heavy (non-hydrogen) atoms. The molecule has 0 spiro atoms. The lowest BCUT2D eigenvalue weighted by molar-refractivity contribution is -0.137. The van der Waals surface area contributed by atoms with Crippen molar-refractivity contribution in [2.45, 2.75) is 102 Å². The highest BCUT2D eigenvalue weighted by Gasteiger charge is 2.53. The van der Waals surface area contributed by atoms with Gasteiger partial charge in [-0.25, -0.2) is 0 Å². The lowest BCUT2D eigenvalue weighted by Crippen LogP contribution is -2.65. The summed E-state index contributed by atoms with van der Waals surface area (Å²) in [6.07, 6.45) is 6.59. The van der Waals surface area contributed by atoms with E-state index >= 15 is 0 Å². The number of ketones is 1. The van der Waals surface area contributed by atoms with Crippen molar-refractivity contribution in [1.82, 2.24) is 16.0 Å². The average Bonchev–Trinajstić information content (AvgIpc) is 3.62. The summed E-state index contributed by atoms with van der Waals surface area (Å²) in [5.74, 6) is 0.0318. The van der Waals surface area contributed by atoms with Gasteiger partial charge in [0.1, 0.15) is 11.6 Å². The first-order valence-corrected chi connectivity index (χ1v) is 13.4. The molecule has 0 aromatic rings. The number of nitrogens with two attached hydrogens (primary N) is 1. The molecule has 2 aliphatic rings. The molecule has 3 amide bonds. The molecule has 0 aromatic carbocycles. The highest BCUT2D eigenvalue weighted by atomic mass is 32.2. The summed E-state index contributed by atoms with van der Waals surface area (Å²) < 4.78 is 0. The predicted octanol–water partition coefficient (Wildman–Crippen LogP) is 1.90. The predicted molar refractivity (Wildman–Crippen MR) is 132 cm³/mol. The second-order valence-corrected chi connectivity index (χ2v) is 11.1. The van der Waals surface area contributed by atoms with Gasteiger partial charge in [0.25, 0.3) is 0 Å². The molecule has 4 atom stereocenters. The Kier molecular flexibility index (Phi) is 10.7. The third kappa shape index (κ3) is 7.70. The Hall–Kier alpha value is -1.61. The maximum absolute atomic E-state index is 13.7. The van der Waals surface area contributed by atoms with Crippen molar-refractivity contribution in [1.29, 1.82) is 0 Å². The van der Waals surface area contributed by atoms with Crippen LogP contribution < -0.4 is 21.7 Å². The lowest BCUT2D eigenvalue weighted by Gasteiger charge is -2.35. The van der Waals surface area contributed by atoms with Gasteiger partial charge in [-0.05, 0) is 38.1 Å². The molecule has 0 aromatic heterocycles. The Morgan fingerprint density at radius 1 is 1.09 bits per heavy atom. The van der Waals surface area contributed by atoms with E-state index in [-0.39, 0.29) is 47.6 Å². The number of carbonyl (C=O) groups excluding carboxylic acids is 4. The van der Waals surface area contributed by atoms with Crippen LogP contribution in [0.25, 0.3) is 0 Å². The largest absolute Gasteiger partial charge is 0.344 e. The van der Waals surface area contributed by atoms with Gasteiger partial charge in [-0.15, -0.1) is 0 Å². The molecule has 0 bridgehead atoms. The molecule has 1 aliphatic heterocycles. The fourth-order valence-corrected chi connectivity index (χ4v) is 5.73. The van der Waals surface area contributed by atoms with Gasteiger partial charge in [-0.2, -0.15) is 11.8 Å². The van der Waals surface area contributed by atoms with Crippen molar-refractivity contribution in [3.63, 3.8) is 0 Å². The van der Waals surface area contributed by atoms with Gasteiger partial charge in [0.15, 0.2) is 5.78 Å². The lowest BCUT2D eigenvalue weighted by atomic mass is 9.83. The first-order chi connectivity index (χ1) is 15.6. The van der Waals surface area contributed by atoms with Crippen LogP contribution in [0.1, 0.15) is 79.1 Å². The second-order valence-electron chi connectivity index (χ2n) is 9.84. The smallest absolute Gasteiger partial charge is 0.247 e. The Morgan fingerprint density at radius 2 is 1.73 bits per heavy atom. The number of carbonyl (C=O) groups is 4. The van der Waals surface area contributed by atoms with E-state index < -0.39 is 17.6 Å². The molecule has 1 aliphatic carbocycles. The standard InChI is InChI=1S/C24H42N4O4S/c1-5-20(30)28-24(11-12-25,19-14-33-19)23(32)26-18(13-17-9-7-6-8-10-17)22(31)27-21(15(2)3)16(4)29/h15,17-19,21H,5-14,25H2,1-4H3,(H,26,32)(H,27,31)(H,28,30)/t18-,19?,21-,24-/m0/s1. The van der Waals surface area contributed by atoms with E-state index in [1.807, 2.05) is 13.8 Å². The van der Waals surface area contributed by atoms with Crippen LogP contribution in [0.5, 0.6) is 0 Å². The van der Waals surface area contributed by atoms with E-state index in [1.165, 1.54) is 13.3 Å². The van der Waals surface area contributed by atoms with Crippen molar-refractivity contribution in [2.24, 2.45) is 17.6 Å². The van der Waals surface area contributed by atoms with E-state index in [2.05, 4.69) is 16.0 Å². The average molecular weight is 483 g/mol. The summed E-state index contributed by atoms with van der Waals surface area (Å²) in [6.45, 7) is 7.23. The van der Waals surface area contributed by atoms with E-state index in [9.17, 15) is 19.2 Å². The molecule has 1 unspecified atom stereocenters. The summed E-state index contributed by atoms with van der Waals surface area (Å²) in [6, 6.07) is -1.36. The third-order valence-corrected chi connectivity index (χ3v) is 7.90. The summed E-state index contributed by atoms with van der Waals surface area (Å²) >= 11 is 1.61. The minimum absolute atomic E-state index is 0.0551. The molecule has 1 saturated heterocycles. The maximum atomic E-state index is 13.7. The van der Waals surface area contributed by atoms with Crippen molar-refractivity contribution in [3.05, 3.63) is 0 Å². The topological polar surface area (TPSA) is 130 Å². The number of Topliss-reactive ketones (excluding diaryl/α,β-unsaturated/α-hetero) is 1. The number of thioether (sulfide) groups is 1. The van der Waals surface area contributed by atoms with E-state index in [0.29, 0.717) is 18.8 Å². The molecular formula is C24H42N4O4S. The number of nitrogens with one attached hydrogen (secondary N) is 3. The fraction of sp³-hybridized carbons (Fsp3) is 0.833. The molecule has 2 fully saturated rings. The van der Waals surface area contributed by atoms with Crippen molar-refractivity contribution < 1.29 is 19.2 Å². The minimum atomic E-state index is -1.13. The highest BCUT2D eigenvalue weighted by molar-refractivity contribution is 8.07. The Labute approximate surface area is 202 Å². The summed E-state index contributed by atoms with van der Waals surface area (Å²) in [4.78, 5) is 51.4. The number of hydrogen-bond donors (Lipinski definition) is 4. The Bertz CT molecular complexity index is 707. The zero-order valence-corrected chi connectivity index (χ0v) is 21.4. The van der Waals surface area contributed by atoms with Gasteiger partial charge in [0, 0.05) is 17.4 Å². The van der Waals surface area contributed by atoms with Crippen LogP contribution in [0, 0.1) is 11.8 Å². The quantitative estimate of drug-likeness (QED) is 0.297. The van der Waals surface area contributed by atoms with Gasteiger partial charge in [0.2, 0.25) is 17.7 Å². The highest BCUT2D eigenvalue weighted by Crippen LogP contribution is 2.41. The van der Waals surface area contributed by atoms with Gasteiger partial charge >= 0.3 is 0 Å². The van der Waals surface area contributed by atoms with Gasteiger partial charge in [-0.1, -0.05) is 52.9 Å². The van der Waals surface area contributed by atoms with Gasteiger partial charge < -0.3 is 21.7 Å². The second kappa shape index (κ2) is 12.7. The number of rotatable bonds is 13. The molecule has 2 rings (SSSR count). The Balaban J connectivity index is 2.26. The SMILES string of the molecule is CCC(=O)N[C@](CCN)(C(=O)N[C@@H](CC1CCCCC1)C(=O)N[C@H](C(C)=O)C(C)C)C1CS1. The van der Waals surface area contributed by atoms with Crippen LogP contribution in [0.15, 0.2) is 0 Å². The van der Waals surface area contributed by atoms with Crippen LogP contribution >= 0.6 is 11.8 Å².